The van der Waals surface area contributed by atoms with Crippen molar-refractivity contribution in [2.75, 3.05) is 6.54 Å². The number of hydrogen-bond donors (Lipinski definition) is 2. The summed E-state index contributed by atoms with van der Waals surface area (Å²) in [4.78, 5) is 26.9. The molecule has 2 unspecified atom stereocenters. The van der Waals surface area contributed by atoms with Crippen molar-refractivity contribution in [2.45, 2.75) is 51.2 Å². The molecule has 2 atom stereocenters. The lowest BCUT2D eigenvalue weighted by atomic mass is 9.89. The molecular formula is C28H28N4O3. The van der Waals surface area contributed by atoms with E-state index in [2.05, 4.69) is 16.0 Å². The number of aliphatic hydroxyl groups is 1. The van der Waals surface area contributed by atoms with Crippen LogP contribution in [0.1, 0.15) is 61.4 Å². The number of imidazole rings is 1. The Hall–Kier alpha value is -3.71. The van der Waals surface area contributed by atoms with Crippen molar-refractivity contribution in [2.24, 2.45) is 0 Å². The average Bonchev–Trinajstić information content (AvgIpc) is 3.51. The van der Waals surface area contributed by atoms with E-state index in [1.165, 1.54) is 0 Å². The molecule has 2 aromatic heterocycles. The summed E-state index contributed by atoms with van der Waals surface area (Å²) in [5.74, 6) is 2.19. The Bertz CT molecular complexity index is 1400. The van der Waals surface area contributed by atoms with Crippen molar-refractivity contribution in [1.82, 2.24) is 19.9 Å². The lowest BCUT2D eigenvalue weighted by Gasteiger charge is -2.26. The molecule has 35 heavy (non-hydrogen) atoms. The number of likely N-dealkylation sites (tertiary alicyclic amines) is 1. The number of carbonyl (C=O) groups is 1. The van der Waals surface area contributed by atoms with Gasteiger partial charge in [0.15, 0.2) is 5.82 Å². The first-order valence-electron chi connectivity index (χ1n) is 12.3. The van der Waals surface area contributed by atoms with E-state index in [1.807, 2.05) is 47.4 Å². The van der Waals surface area contributed by atoms with Gasteiger partial charge in [-0.15, -0.1) is 0 Å². The highest BCUT2D eigenvalue weighted by molar-refractivity contribution is 5.82. The molecule has 2 N–H and O–H groups in total. The van der Waals surface area contributed by atoms with E-state index in [-0.39, 0.29) is 11.9 Å². The van der Waals surface area contributed by atoms with Gasteiger partial charge in [0, 0.05) is 31.3 Å². The van der Waals surface area contributed by atoms with Crippen molar-refractivity contribution in [3.05, 3.63) is 71.4 Å². The van der Waals surface area contributed by atoms with E-state index < -0.39 is 6.10 Å². The zero-order chi connectivity index (χ0) is 23.9. The second-order valence-corrected chi connectivity index (χ2v) is 9.45. The molecule has 0 bridgehead atoms. The van der Waals surface area contributed by atoms with Gasteiger partial charge in [0.25, 0.3) is 0 Å². The molecule has 2 aliphatic rings. The quantitative estimate of drug-likeness (QED) is 0.414. The SMILES string of the molecule is CC(=O)N1CCCC1c1cc2[nH]c(-c3ccccn3)nc2cc1Oc1ccc2c(c1)CCCC2O. The Morgan fingerprint density at radius 1 is 1.11 bits per heavy atom. The third kappa shape index (κ3) is 4.06. The number of aromatic nitrogens is 3. The second kappa shape index (κ2) is 8.82. The number of amides is 1. The number of nitrogens with zero attached hydrogens (tertiary/aromatic N) is 3. The molecular weight excluding hydrogens is 440 g/mol. The zero-order valence-electron chi connectivity index (χ0n) is 19.7. The van der Waals surface area contributed by atoms with E-state index >= 15 is 0 Å². The van der Waals surface area contributed by atoms with Gasteiger partial charge in [0.05, 0.1) is 23.2 Å². The number of carbonyl (C=O) groups excluding carboxylic acids is 1. The topological polar surface area (TPSA) is 91.3 Å². The standard InChI is InChI=1S/C28H28N4O3/c1-17(33)32-13-5-8-25(32)21-15-23-24(31-28(30-23)22-7-2-3-12-29-22)16-27(21)35-19-10-11-20-18(14-19)6-4-9-26(20)34/h2-3,7,10-12,14-16,25-26,34H,4-6,8-9,13H2,1H3,(H,30,31). The van der Waals surface area contributed by atoms with E-state index in [0.29, 0.717) is 11.6 Å². The Kier molecular flexibility index (Phi) is 5.49. The summed E-state index contributed by atoms with van der Waals surface area (Å²) in [5, 5.41) is 10.3. The maximum Gasteiger partial charge on any atom is 0.219 e. The van der Waals surface area contributed by atoms with Crippen LogP contribution in [0, 0.1) is 0 Å². The molecule has 1 saturated heterocycles. The third-order valence-electron chi connectivity index (χ3n) is 7.16. The van der Waals surface area contributed by atoms with E-state index in [9.17, 15) is 9.90 Å². The molecule has 1 amide bonds. The summed E-state index contributed by atoms with van der Waals surface area (Å²) in [6.45, 7) is 2.37. The van der Waals surface area contributed by atoms with Gasteiger partial charge in [-0.05, 0) is 73.6 Å². The van der Waals surface area contributed by atoms with Gasteiger partial charge in [-0.1, -0.05) is 12.1 Å². The molecule has 0 spiro atoms. The van der Waals surface area contributed by atoms with Crippen LogP contribution in [-0.2, 0) is 11.2 Å². The Morgan fingerprint density at radius 2 is 2.03 bits per heavy atom. The van der Waals surface area contributed by atoms with Crippen LogP contribution in [0.4, 0.5) is 0 Å². The van der Waals surface area contributed by atoms with Crippen LogP contribution in [0.15, 0.2) is 54.7 Å². The molecule has 178 valence electrons. The zero-order valence-corrected chi connectivity index (χ0v) is 19.7. The van der Waals surface area contributed by atoms with Gasteiger partial charge in [0.1, 0.15) is 17.2 Å². The Morgan fingerprint density at radius 3 is 2.86 bits per heavy atom. The molecule has 1 aliphatic carbocycles. The van der Waals surface area contributed by atoms with Crippen LogP contribution >= 0.6 is 0 Å². The summed E-state index contributed by atoms with van der Waals surface area (Å²) in [5.41, 5.74) is 5.53. The normalized spacial score (nSPS) is 19.7. The predicted octanol–water partition coefficient (Wildman–Crippen LogP) is 5.47. The number of nitrogens with one attached hydrogen (secondary N) is 1. The maximum atomic E-state index is 12.4. The molecule has 3 heterocycles. The highest BCUT2D eigenvalue weighted by Gasteiger charge is 2.31. The predicted molar refractivity (Wildman–Crippen MR) is 133 cm³/mol. The number of aromatic amines is 1. The molecule has 6 rings (SSSR count). The number of pyridine rings is 1. The van der Waals surface area contributed by atoms with Crippen molar-refractivity contribution in [3.8, 4) is 23.0 Å². The fourth-order valence-corrected chi connectivity index (χ4v) is 5.45. The fraction of sp³-hybridized carbons (Fsp3) is 0.321. The Labute approximate surface area is 203 Å². The molecule has 0 radical (unpaired) electrons. The molecule has 1 aliphatic heterocycles. The minimum absolute atomic E-state index is 0.0482. The Balaban J connectivity index is 1.44. The minimum atomic E-state index is -0.406. The first-order valence-corrected chi connectivity index (χ1v) is 12.3. The first-order chi connectivity index (χ1) is 17.1. The molecule has 1 fully saturated rings. The van der Waals surface area contributed by atoms with Crippen LogP contribution in [0.2, 0.25) is 0 Å². The number of H-pyrrole nitrogens is 1. The van der Waals surface area contributed by atoms with Crippen molar-refractivity contribution < 1.29 is 14.6 Å². The first kappa shape index (κ1) is 21.8. The third-order valence-corrected chi connectivity index (χ3v) is 7.16. The molecule has 0 saturated carbocycles. The fourth-order valence-electron chi connectivity index (χ4n) is 5.45. The molecule has 7 heteroatoms. The lowest BCUT2D eigenvalue weighted by molar-refractivity contribution is -0.129. The van der Waals surface area contributed by atoms with Crippen molar-refractivity contribution in [1.29, 1.82) is 0 Å². The lowest BCUT2D eigenvalue weighted by Crippen LogP contribution is -2.28. The molecule has 2 aromatic carbocycles. The largest absolute Gasteiger partial charge is 0.457 e. The van der Waals surface area contributed by atoms with Crippen molar-refractivity contribution >= 4 is 16.9 Å². The smallest absolute Gasteiger partial charge is 0.219 e. The van der Waals surface area contributed by atoms with Gasteiger partial charge >= 0.3 is 0 Å². The number of ether oxygens (including phenoxy) is 1. The van der Waals surface area contributed by atoms with Crippen LogP contribution in [-0.4, -0.2) is 37.4 Å². The summed E-state index contributed by atoms with van der Waals surface area (Å²) in [6.07, 6.45) is 5.89. The number of fused-ring (bicyclic) bond motifs is 2. The van der Waals surface area contributed by atoms with Crippen LogP contribution in [0.3, 0.4) is 0 Å². The summed E-state index contributed by atoms with van der Waals surface area (Å²) >= 11 is 0. The summed E-state index contributed by atoms with van der Waals surface area (Å²) < 4.78 is 6.49. The highest BCUT2D eigenvalue weighted by atomic mass is 16.5. The van der Waals surface area contributed by atoms with Crippen LogP contribution < -0.4 is 4.74 Å². The number of aryl methyl sites for hydroxylation is 1. The number of hydrogen-bond acceptors (Lipinski definition) is 5. The van der Waals surface area contributed by atoms with Gasteiger partial charge in [-0.25, -0.2) is 4.98 Å². The maximum absolute atomic E-state index is 12.4. The summed E-state index contributed by atoms with van der Waals surface area (Å²) in [7, 11) is 0. The van der Waals surface area contributed by atoms with Gasteiger partial charge in [-0.3, -0.25) is 9.78 Å². The molecule has 7 nitrogen and oxygen atoms in total. The van der Waals surface area contributed by atoms with Crippen LogP contribution in [0.25, 0.3) is 22.6 Å². The summed E-state index contributed by atoms with van der Waals surface area (Å²) in [6, 6.07) is 15.6. The second-order valence-electron chi connectivity index (χ2n) is 9.45. The van der Waals surface area contributed by atoms with Gasteiger partial charge in [-0.2, -0.15) is 0 Å². The highest BCUT2D eigenvalue weighted by Crippen LogP contribution is 2.42. The minimum Gasteiger partial charge on any atom is -0.457 e. The number of rotatable bonds is 4. The van der Waals surface area contributed by atoms with E-state index in [4.69, 9.17) is 9.72 Å². The number of aliphatic hydroxyl groups excluding tert-OH is 1. The van der Waals surface area contributed by atoms with Crippen LogP contribution in [0.5, 0.6) is 11.5 Å². The molecule has 4 aromatic rings. The number of benzene rings is 2. The van der Waals surface area contributed by atoms with E-state index in [0.717, 1.165) is 77.8 Å². The van der Waals surface area contributed by atoms with Gasteiger partial charge < -0.3 is 19.7 Å². The average molecular weight is 469 g/mol. The van der Waals surface area contributed by atoms with Crippen molar-refractivity contribution in [3.63, 3.8) is 0 Å². The van der Waals surface area contributed by atoms with E-state index in [1.54, 1.807) is 13.1 Å². The van der Waals surface area contributed by atoms with Gasteiger partial charge in [0.2, 0.25) is 5.91 Å². The monoisotopic (exact) mass is 468 g/mol.